The van der Waals surface area contributed by atoms with E-state index in [0.717, 1.165) is 32.1 Å². The second-order valence-electron chi connectivity index (χ2n) is 9.33. The molecule has 4 aliphatic carbocycles. The smallest absolute Gasteiger partial charge is 0.0600 e. The lowest BCUT2D eigenvalue weighted by molar-refractivity contribution is -0.132. The minimum Gasteiger partial charge on any atom is -0.393 e. The predicted molar refractivity (Wildman–Crippen MR) is 92.9 cm³/mol. The second kappa shape index (κ2) is 5.46. The molecule has 4 aliphatic rings. The van der Waals surface area contributed by atoms with Crippen LogP contribution in [-0.2, 0) is 0 Å². The van der Waals surface area contributed by atoms with Gasteiger partial charge in [0.2, 0.25) is 0 Å². The molecular formula is C21H36O2. The number of hydrogen-bond acceptors (Lipinski definition) is 2. The minimum atomic E-state index is -2.72. The van der Waals surface area contributed by atoms with Crippen LogP contribution in [0.2, 0.25) is 0 Å². The van der Waals surface area contributed by atoms with Gasteiger partial charge in [0.1, 0.15) is 0 Å². The lowest BCUT2D eigenvalue weighted by Crippen LogP contribution is -2.54. The first-order chi connectivity index (χ1) is 12.7. The summed E-state index contributed by atoms with van der Waals surface area (Å²) in [5, 5.41) is 20.9. The molecule has 4 saturated carbocycles. The summed E-state index contributed by atoms with van der Waals surface area (Å²) in [5.74, 6) is 0.959. The van der Waals surface area contributed by atoms with Gasteiger partial charge in [0.25, 0.3) is 0 Å². The van der Waals surface area contributed by atoms with Crippen molar-refractivity contribution in [3.05, 3.63) is 0 Å². The van der Waals surface area contributed by atoms with Gasteiger partial charge in [0, 0.05) is 5.48 Å². The molecule has 0 saturated heterocycles. The molecule has 132 valence electrons. The zero-order valence-corrected chi connectivity index (χ0v) is 14.8. The van der Waals surface area contributed by atoms with Crippen LogP contribution in [0.1, 0.15) is 85.3 Å². The highest BCUT2D eigenvalue weighted by Crippen LogP contribution is 2.67. The highest BCUT2D eigenvalue weighted by Gasteiger charge is 2.60. The van der Waals surface area contributed by atoms with Gasteiger partial charge in [0.15, 0.2) is 0 Å². The van der Waals surface area contributed by atoms with Crippen molar-refractivity contribution >= 4 is 0 Å². The number of aliphatic hydroxyl groups is 2. The Bertz CT molecular complexity index is 651. The first-order valence-corrected chi connectivity index (χ1v) is 9.60. The third-order valence-electron chi connectivity index (χ3n) is 8.47. The van der Waals surface area contributed by atoms with Crippen molar-refractivity contribution < 1.29 is 17.1 Å². The Balaban J connectivity index is 1.71. The molecule has 0 bridgehead atoms. The second-order valence-corrected chi connectivity index (χ2v) is 9.33. The topological polar surface area (TPSA) is 40.5 Å². The van der Waals surface area contributed by atoms with Crippen molar-refractivity contribution in [1.82, 2.24) is 0 Å². The van der Waals surface area contributed by atoms with E-state index in [0.29, 0.717) is 24.2 Å². The van der Waals surface area contributed by atoms with Crippen molar-refractivity contribution in [2.75, 3.05) is 0 Å². The fourth-order valence-corrected chi connectivity index (χ4v) is 7.27. The predicted octanol–water partition coefficient (Wildman–Crippen LogP) is 4.39. The molecule has 4 fully saturated rings. The van der Waals surface area contributed by atoms with Crippen molar-refractivity contribution in [1.29, 1.82) is 0 Å². The fraction of sp³-hybridized carbons (Fsp3) is 1.00. The molecule has 0 unspecified atom stereocenters. The average molecular weight is 326 g/mol. The third kappa shape index (κ3) is 2.27. The van der Waals surface area contributed by atoms with Crippen LogP contribution in [-0.4, -0.2) is 22.4 Å². The molecule has 9 atom stereocenters. The van der Waals surface area contributed by atoms with Gasteiger partial charge in [-0.1, -0.05) is 13.8 Å². The van der Waals surface area contributed by atoms with Crippen LogP contribution in [0.3, 0.4) is 0 Å². The minimum absolute atomic E-state index is 0.0502. The summed E-state index contributed by atoms with van der Waals surface area (Å²) in [6, 6.07) is 0. The molecule has 2 heteroatoms. The zero-order valence-electron chi connectivity index (χ0n) is 19.8. The Hall–Kier alpha value is -0.0800. The Morgan fingerprint density at radius 3 is 2.52 bits per heavy atom. The van der Waals surface area contributed by atoms with Crippen LogP contribution in [0.4, 0.5) is 0 Å². The van der Waals surface area contributed by atoms with Gasteiger partial charge in [-0.25, -0.2) is 0 Å². The summed E-state index contributed by atoms with van der Waals surface area (Å²) in [6.07, 6.45) is -1.98. The van der Waals surface area contributed by atoms with Crippen LogP contribution in [0.5, 0.6) is 0 Å². The molecule has 0 aromatic heterocycles. The maximum atomic E-state index is 10.6. The van der Waals surface area contributed by atoms with Crippen molar-refractivity contribution in [3.8, 4) is 0 Å². The normalized spacial score (nSPS) is 68.0. The van der Waals surface area contributed by atoms with E-state index in [9.17, 15) is 10.2 Å². The van der Waals surface area contributed by atoms with E-state index >= 15 is 0 Å². The molecule has 0 aliphatic heterocycles. The van der Waals surface area contributed by atoms with E-state index in [1.54, 1.807) is 0 Å². The maximum Gasteiger partial charge on any atom is 0.0600 e. The van der Waals surface area contributed by atoms with Gasteiger partial charge >= 0.3 is 0 Å². The Morgan fingerprint density at radius 2 is 1.78 bits per heavy atom. The maximum absolute atomic E-state index is 10.6. The lowest BCUT2D eigenvalue weighted by Gasteiger charge is -2.61. The van der Waals surface area contributed by atoms with Crippen LogP contribution >= 0.6 is 0 Å². The van der Waals surface area contributed by atoms with Crippen molar-refractivity contribution in [3.63, 3.8) is 0 Å². The van der Waals surface area contributed by atoms with E-state index in [-0.39, 0.29) is 23.9 Å². The number of hydrogen-bond donors (Lipinski definition) is 2. The van der Waals surface area contributed by atoms with Gasteiger partial charge < -0.3 is 10.2 Å². The van der Waals surface area contributed by atoms with Gasteiger partial charge in [-0.3, -0.25) is 0 Å². The molecule has 0 aromatic carbocycles. The molecule has 0 amide bonds. The standard InChI is InChI=1S/C21H36O2/c1-13(22)17-6-7-18-16-5-4-14-12-15(23)8-10-20(14,2)19(16)9-11-21(17,18)3/h13-19,22-23H,4-12H2,1-3H3/t13-,14+,15+,16-,17+,18-,19-,20-,21+/m0/s1/i8D2,12D2,15D. The number of rotatable bonds is 1. The Labute approximate surface area is 149 Å². The summed E-state index contributed by atoms with van der Waals surface area (Å²) >= 11 is 0. The SMILES string of the molecule is [2H]C1([2H])C[C@@]2(C)[C@H](CC[C@@H]3[C@@H]2CC[C@]2(C)[C@@H]([C@H](C)O)CC[C@@H]32)C([2H])([2H])[C@]1([2H])O. The molecule has 0 radical (unpaired) electrons. The first kappa shape index (κ1) is 11.5. The number of aliphatic hydroxyl groups excluding tert-OH is 1. The Kier molecular flexibility index (Phi) is 2.73. The first-order valence-electron chi connectivity index (χ1n) is 12.1. The molecule has 2 N–H and O–H groups in total. The molecule has 0 spiro atoms. The third-order valence-corrected chi connectivity index (χ3v) is 8.47. The molecular weight excluding hydrogens is 284 g/mol. The van der Waals surface area contributed by atoms with Crippen molar-refractivity contribution in [2.24, 2.45) is 40.4 Å². The summed E-state index contributed by atoms with van der Waals surface area (Å²) < 4.78 is 42.1. The van der Waals surface area contributed by atoms with Crippen LogP contribution < -0.4 is 0 Å². The quantitative estimate of drug-likeness (QED) is 0.751. The lowest BCUT2D eigenvalue weighted by atomic mass is 9.44. The average Bonchev–Trinajstić information content (AvgIpc) is 2.90. The molecule has 2 nitrogen and oxygen atoms in total. The monoisotopic (exact) mass is 325 g/mol. The highest BCUT2D eigenvalue weighted by atomic mass is 16.3. The van der Waals surface area contributed by atoms with E-state index < -0.39 is 30.2 Å². The zero-order chi connectivity index (χ0) is 20.9. The van der Waals surface area contributed by atoms with Gasteiger partial charge in [0.05, 0.1) is 13.6 Å². The van der Waals surface area contributed by atoms with Crippen LogP contribution in [0, 0.1) is 40.4 Å². The highest BCUT2D eigenvalue weighted by molar-refractivity contribution is 5.09. The fourth-order valence-electron chi connectivity index (χ4n) is 7.27. The molecule has 4 rings (SSSR count). The van der Waals surface area contributed by atoms with Gasteiger partial charge in [-0.2, -0.15) is 0 Å². The van der Waals surface area contributed by atoms with Gasteiger partial charge in [-0.15, -0.1) is 0 Å². The summed E-state index contributed by atoms with van der Waals surface area (Å²) in [4.78, 5) is 0. The van der Waals surface area contributed by atoms with Crippen LogP contribution in [0.15, 0.2) is 0 Å². The van der Waals surface area contributed by atoms with Crippen LogP contribution in [0.25, 0.3) is 0 Å². The number of fused-ring (bicyclic) bond motifs is 5. The summed E-state index contributed by atoms with van der Waals surface area (Å²) in [5.41, 5.74) is -0.436. The summed E-state index contributed by atoms with van der Waals surface area (Å²) in [7, 11) is 0. The Morgan fingerprint density at radius 1 is 1.04 bits per heavy atom. The molecule has 0 aromatic rings. The van der Waals surface area contributed by atoms with E-state index in [2.05, 4.69) is 6.92 Å². The van der Waals surface area contributed by atoms with Crippen molar-refractivity contribution in [2.45, 2.75) is 90.6 Å². The van der Waals surface area contributed by atoms with E-state index in [1.807, 2.05) is 13.8 Å². The largest absolute Gasteiger partial charge is 0.393 e. The van der Waals surface area contributed by atoms with E-state index in [1.165, 1.54) is 0 Å². The van der Waals surface area contributed by atoms with E-state index in [4.69, 9.17) is 6.85 Å². The molecule has 0 heterocycles. The molecule has 23 heavy (non-hydrogen) atoms. The van der Waals surface area contributed by atoms with Gasteiger partial charge in [-0.05, 0) is 105 Å². The summed E-state index contributed by atoms with van der Waals surface area (Å²) in [6.45, 7) is 6.26.